The predicted molar refractivity (Wildman–Crippen MR) is 90.0 cm³/mol. The van der Waals surface area contributed by atoms with Crippen LogP contribution in [-0.4, -0.2) is 30.4 Å². The first-order valence-electron chi connectivity index (χ1n) is 7.27. The fourth-order valence-electron chi connectivity index (χ4n) is 2.07. The van der Waals surface area contributed by atoms with Crippen LogP contribution in [0, 0.1) is 0 Å². The average molecular weight is 331 g/mol. The number of hydrogen-bond acceptors (Lipinski definition) is 2. The van der Waals surface area contributed by atoms with Crippen LogP contribution in [0.3, 0.4) is 0 Å². The van der Waals surface area contributed by atoms with Crippen LogP contribution in [0.2, 0.25) is 10.0 Å². The maximum absolute atomic E-state index is 12.2. The van der Waals surface area contributed by atoms with E-state index in [1.54, 1.807) is 17.0 Å². The molecule has 0 saturated heterocycles. The number of halogens is 2. The summed E-state index contributed by atoms with van der Waals surface area (Å²) in [4.78, 5) is 14.0. The molecule has 1 aromatic rings. The first-order valence-corrected chi connectivity index (χ1v) is 8.02. The van der Waals surface area contributed by atoms with Crippen molar-refractivity contribution in [2.24, 2.45) is 0 Å². The van der Waals surface area contributed by atoms with Crippen molar-refractivity contribution in [2.45, 2.75) is 45.7 Å². The molecular weight excluding hydrogens is 307 g/mol. The minimum absolute atomic E-state index is 0.0691. The summed E-state index contributed by atoms with van der Waals surface area (Å²) in [7, 11) is 1.81. The van der Waals surface area contributed by atoms with Gasteiger partial charge in [-0.05, 0) is 37.6 Å². The van der Waals surface area contributed by atoms with Gasteiger partial charge >= 0.3 is 0 Å². The standard InChI is InChI=1S/C16H24Cl2N2O/c1-11(2)19-9-5-6-16(21)20(4)12(3)14-8-7-13(17)10-15(14)18/h7-8,10-12,19H,5-6,9H2,1-4H3. The SMILES string of the molecule is CC(C)NCCCC(=O)N(C)C(C)c1ccc(Cl)cc1Cl. The van der Waals surface area contributed by atoms with E-state index in [0.29, 0.717) is 22.5 Å². The molecule has 0 spiro atoms. The lowest BCUT2D eigenvalue weighted by molar-refractivity contribution is -0.131. The van der Waals surface area contributed by atoms with E-state index < -0.39 is 0 Å². The maximum atomic E-state index is 12.2. The molecule has 0 fully saturated rings. The summed E-state index contributed by atoms with van der Waals surface area (Å²) >= 11 is 12.1. The Kier molecular flexibility index (Phi) is 7.50. The largest absolute Gasteiger partial charge is 0.339 e. The van der Waals surface area contributed by atoms with Crippen molar-refractivity contribution in [1.82, 2.24) is 10.2 Å². The Morgan fingerprint density at radius 3 is 2.52 bits per heavy atom. The fourth-order valence-corrected chi connectivity index (χ4v) is 2.64. The highest BCUT2D eigenvalue weighted by Crippen LogP contribution is 2.29. The van der Waals surface area contributed by atoms with E-state index >= 15 is 0 Å². The van der Waals surface area contributed by atoms with E-state index in [-0.39, 0.29) is 11.9 Å². The second kappa shape index (κ2) is 8.62. The van der Waals surface area contributed by atoms with Crippen molar-refractivity contribution in [3.05, 3.63) is 33.8 Å². The molecule has 0 bridgehead atoms. The third kappa shape index (κ3) is 5.85. The highest BCUT2D eigenvalue weighted by Gasteiger charge is 2.19. The third-order valence-corrected chi connectivity index (χ3v) is 4.07. The molecule has 1 N–H and O–H groups in total. The molecule has 1 amide bonds. The molecule has 0 radical (unpaired) electrons. The van der Waals surface area contributed by atoms with E-state index in [1.807, 2.05) is 20.0 Å². The number of hydrogen-bond donors (Lipinski definition) is 1. The van der Waals surface area contributed by atoms with Crippen LogP contribution < -0.4 is 5.32 Å². The molecule has 21 heavy (non-hydrogen) atoms. The minimum Gasteiger partial charge on any atom is -0.339 e. The Morgan fingerprint density at radius 1 is 1.29 bits per heavy atom. The molecule has 1 unspecified atom stereocenters. The van der Waals surface area contributed by atoms with Gasteiger partial charge in [0, 0.05) is 29.6 Å². The van der Waals surface area contributed by atoms with E-state index in [9.17, 15) is 4.79 Å². The number of rotatable bonds is 7. The number of carbonyl (C=O) groups excluding carboxylic acids is 1. The van der Waals surface area contributed by atoms with Crippen LogP contribution in [0.4, 0.5) is 0 Å². The summed E-state index contributed by atoms with van der Waals surface area (Å²) in [5, 5.41) is 4.50. The van der Waals surface area contributed by atoms with E-state index in [0.717, 1.165) is 18.5 Å². The second-order valence-electron chi connectivity index (χ2n) is 5.56. The zero-order valence-electron chi connectivity index (χ0n) is 13.1. The first kappa shape index (κ1) is 18.3. The van der Waals surface area contributed by atoms with Crippen LogP contribution in [0.25, 0.3) is 0 Å². The van der Waals surface area contributed by atoms with Gasteiger partial charge in [0.25, 0.3) is 0 Å². The average Bonchev–Trinajstić information content (AvgIpc) is 2.41. The smallest absolute Gasteiger partial charge is 0.222 e. The van der Waals surface area contributed by atoms with Gasteiger partial charge in [0.15, 0.2) is 0 Å². The molecule has 1 aromatic carbocycles. The minimum atomic E-state index is -0.0691. The van der Waals surface area contributed by atoms with Gasteiger partial charge in [-0.2, -0.15) is 0 Å². The highest BCUT2D eigenvalue weighted by molar-refractivity contribution is 6.35. The first-order chi connectivity index (χ1) is 9.82. The Bertz CT molecular complexity index is 477. The van der Waals surface area contributed by atoms with Gasteiger partial charge in [0.05, 0.1) is 6.04 Å². The van der Waals surface area contributed by atoms with Gasteiger partial charge in [-0.3, -0.25) is 4.79 Å². The Balaban J connectivity index is 2.56. The third-order valence-electron chi connectivity index (χ3n) is 3.51. The Labute approximate surface area is 137 Å². The molecule has 0 aliphatic rings. The van der Waals surface area contributed by atoms with Crippen LogP contribution in [-0.2, 0) is 4.79 Å². The number of amides is 1. The molecule has 1 rings (SSSR count). The number of carbonyl (C=O) groups is 1. The second-order valence-corrected chi connectivity index (χ2v) is 6.40. The van der Waals surface area contributed by atoms with Crippen LogP contribution >= 0.6 is 23.2 Å². The van der Waals surface area contributed by atoms with Crippen molar-refractivity contribution in [2.75, 3.05) is 13.6 Å². The van der Waals surface area contributed by atoms with Crippen molar-refractivity contribution in [3.8, 4) is 0 Å². The topological polar surface area (TPSA) is 32.3 Å². The number of nitrogens with one attached hydrogen (secondary N) is 1. The molecule has 0 saturated carbocycles. The molecule has 118 valence electrons. The fraction of sp³-hybridized carbons (Fsp3) is 0.562. The van der Waals surface area contributed by atoms with Crippen molar-refractivity contribution in [1.29, 1.82) is 0 Å². The lowest BCUT2D eigenvalue weighted by Gasteiger charge is -2.26. The maximum Gasteiger partial charge on any atom is 0.222 e. The van der Waals surface area contributed by atoms with E-state index in [2.05, 4.69) is 19.2 Å². The summed E-state index contributed by atoms with van der Waals surface area (Å²) in [6.45, 7) is 7.02. The highest BCUT2D eigenvalue weighted by atomic mass is 35.5. The number of benzene rings is 1. The van der Waals surface area contributed by atoms with E-state index in [4.69, 9.17) is 23.2 Å². The van der Waals surface area contributed by atoms with Gasteiger partial charge in [0.1, 0.15) is 0 Å². The molecule has 3 nitrogen and oxygen atoms in total. The van der Waals surface area contributed by atoms with Crippen molar-refractivity contribution < 1.29 is 4.79 Å². The summed E-state index contributed by atoms with van der Waals surface area (Å²) in [6.07, 6.45) is 1.37. The molecule has 0 aliphatic carbocycles. The molecular formula is C16H24Cl2N2O. The lowest BCUT2D eigenvalue weighted by atomic mass is 10.1. The van der Waals surface area contributed by atoms with Gasteiger partial charge in [-0.25, -0.2) is 0 Å². The van der Waals surface area contributed by atoms with Crippen LogP contribution in [0.5, 0.6) is 0 Å². The molecule has 0 aromatic heterocycles. The summed E-state index contributed by atoms with van der Waals surface area (Å²) in [6, 6.07) is 5.76. The van der Waals surface area contributed by atoms with E-state index in [1.165, 1.54) is 0 Å². The van der Waals surface area contributed by atoms with Crippen molar-refractivity contribution >= 4 is 29.1 Å². The van der Waals surface area contributed by atoms with Crippen LogP contribution in [0.1, 0.15) is 45.2 Å². The molecule has 0 aliphatic heterocycles. The van der Waals surface area contributed by atoms with Gasteiger partial charge in [-0.15, -0.1) is 0 Å². The van der Waals surface area contributed by atoms with Crippen molar-refractivity contribution in [3.63, 3.8) is 0 Å². The quantitative estimate of drug-likeness (QED) is 0.756. The summed E-state index contributed by atoms with van der Waals surface area (Å²) < 4.78 is 0. The lowest BCUT2D eigenvalue weighted by Crippen LogP contribution is -2.31. The Morgan fingerprint density at radius 2 is 1.95 bits per heavy atom. The number of nitrogens with zero attached hydrogens (tertiary/aromatic N) is 1. The Hall–Kier alpha value is -0.770. The predicted octanol–water partition coefficient (Wildman–Crippen LogP) is 4.29. The monoisotopic (exact) mass is 330 g/mol. The zero-order valence-corrected chi connectivity index (χ0v) is 14.6. The summed E-state index contributed by atoms with van der Waals surface area (Å²) in [5.74, 6) is 0.124. The molecule has 1 atom stereocenters. The van der Waals surface area contributed by atoms with Gasteiger partial charge in [-0.1, -0.05) is 43.1 Å². The normalized spacial score (nSPS) is 12.5. The van der Waals surface area contributed by atoms with Gasteiger partial charge < -0.3 is 10.2 Å². The van der Waals surface area contributed by atoms with Gasteiger partial charge in [0.2, 0.25) is 5.91 Å². The zero-order chi connectivity index (χ0) is 16.0. The van der Waals surface area contributed by atoms with Crippen LogP contribution in [0.15, 0.2) is 18.2 Å². The molecule has 5 heteroatoms. The summed E-state index contributed by atoms with van der Waals surface area (Å²) in [5.41, 5.74) is 0.914. The molecule has 0 heterocycles.